The lowest BCUT2D eigenvalue weighted by atomic mass is 10.0. The van der Waals surface area contributed by atoms with E-state index in [9.17, 15) is 9.59 Å². The minimum absolute atomic E-state index is 0.0597. The van der Waals surface area contributed by atoms with Gasteiger partial charge in [0.1, 0.15) is 0 Å². The first-order chi connectivity index (χ1) is 10.4. The van der Waals surface area contributed by atoms with Gasteiger partial charge in [0.15, 0.2) is 0 Å². The molecule has 4 nitrogen and oxygen atoms in total. The molecule has 22 heavy (non-hydrogen) atoms. The zero-order valence-corrected chi connectivity index (χ0v) is 13.1. The molecular weight excluding hydrogens is 276 g/mol. The lowest BCUT2D eigenvalue weighted by Crippen LogP contribution is -2.14. The number of rotatable bonds is 4. The molecule has 0 radical (unpaired) electrons. The Morgan fingerprint density at radius 1 is 0.864 bits per heavy atom. The fourth-order valence-corrected chi connectivity index (χ4v) is 2.14. The van der Waals surface area contributed by atoms with E-state index in [1.54, 1.807) is 24.3 Å². The van der Waals surface area contributed by atoms with Crippen LogP contribution in [0.3, 0.4) is 0 Å². The molecule has 0 aliphatic carbocycles. The van der Waals surface area contributed by atoms with E-state index in [0.717, 1.165) is 5.56 Å². The smallest absolute Gasteiger partial charge is 0.228 e. The number of anilines is 2. The zero-order valence-electron chi connectivity index (χ0n) is 13.1. The molecule has 0 aromatic heterocycles. The monoisotopic (exact) mass is 296 g/mol. The molecule has 0 unspecified atom stereocenters. The molecule has 2 aromatic carbocycles. The Morgan fingerprint density at radius 3 is 2.00 bits per heavy atom. The van der Waals surface area contributed by atoms with Crippen LogP contribution in [-0.2, 0) is 16.0 Å². The van der Waals surface area contributed by atoms with Crippen molar-refractivity contribution in [2.24, 2.45) is 0 Å². The summed E-state index contributed by atoms with van der Waals surface area (Å²) in [5.41, 5.74) is 4.82. The van der Waals surface area contributed by atoms with Crippen LogP contribution in [0.15, 0.2) is 42.5 Å². The third-order valence-corrected chi connectivity index (χ3v) is 3.43. The molecule has 0 aliphatic heterocycles. The highest BCUT2D eigenvalue weighted by Crippen LogP contribution is 2.15. The third kappa shape index (κ3) is 4.45. The maximum atomic E-state index is 12.1. The molecule has 0 saturated heterocycles. The van der Waals surface area contributed by atoms with Crippen molar-refractivity contribution in [2.75, 3.05) is 10.6 Å². The van der Waals surface area contributed by atoms with Crippen LogP contribution in [0, 0.1) is 13.8 Å². The average Bonchev–Trinajstić information content (AvgIpc) is 2.44. The highest BCUT2D eigenvalue weighted by atomic mass is 16.2. The van der Waals surface area contributed by atoms with Gasteiger partial charge in [0.2, 0.25) is 11.8 Å². The molecular formula is C18H20N2O2. The highest BCUT2D eigenvalue weighted by Gasteiger charge is 2.05. The molecule has 0 bridgehead atoms. The summed E-state index contributed by atoms with van der Waals surface area (Å²) in [5.74, 6) is -0.179. The standard InChI is InChI=1S/C18H20N2O2/c1-12-4-5-15(10-13(12)2)11-18(22)20-17-8-6-16(7-9-17)19-14(3)21/h4-10H,11H2,1-3H3,(H,19,21)(H,20,22). The van der Waals surface area contributed by atoms with Gasteiger partial charge in [-0.2, -0.15) is 0 Å². The van der Waals surface area contributed by atoms with Crippen LogP contribution in [0.2, 0.25) is 0 Å². The molecule has 0 heterocycles. The number of carbonyl (C=O) groups excluding carboxylic acids is 2. The van der Waals surface area contributed by atoms with Gasteiger partial charge in [0, 0.05) is 18.3 Å². The fourth-order valence-electron chi connectivity index (χ4n) is 2.14. The van der Waals surface area contributed by atoms with Crippen LogP contribution in [0.4, 0.5) is 11.4 Å². The summed E-state index contributed by atoms with van der Waals surface area (Å²) in [6.45, 7) is 5.55. The van der Waals surface area contributed by atoms with E-state index >= 15 is 0 Å². The van der Waals surface area contributed by atoms with E-state index in [1.807, 2.05) is 25.1 Å². The largest absolute Gasteiger partial charge is 0.326 e. The average molecular weight is 296 g/mol. The van der Waals surface area contributed by atoms with E-state index in [-0.39, 0.29) is 11.8 Å². The summed E-state index contributed by atoms with van der Waals surface area (Å²) >= 11 is 0. The van der Waals surface area contributed by atoms with Crippen molar-refractivity contribution >= 4 is 23.2 Å². The number of hydrogen-bond donors (Lipinski definition) is 2. The predicted molar refractivity (Wildman–Crippen MR) is 89.0 cm³/mol. The molecule has 114 valence electrons. The van der Waals surface area contributed by atoms with Crippen LogP contribution >= 0.6 is 0 Å². The fraction of sp³-hybridized carbons (Fsp3) is 0.222. The Kier molecular flexibility index (Phi) is 4.94. The number of benzene rings is 2. The molecule has 2 N–H and O–H groups in total. The summed E-state index contributed by atoms with van der Waals surface area (Å²) in [4.78, 5) is 23.0. The lowest BCUT2D eigenvalue weighted by Gasteiger charge is -2.08. The summed E-state index contributed by atoms with van der Waals surface area (Å²) < 4.78 is 0. The predicted octanol–water partition coefficient (Wildman–Crippen LogP) is 3.44. The first-order valence-electron chi connectivity index (χ1n) is 7.17. The molecule has 2 amide bonds. The molecule has 0 atom stereocenters. The summed E-state index contributed by atoms with van der Waals surface area (Å²) in [6.07, 6.45) is 0.342. The Bertz CT molecular complexity index is 691. The van der Waals surface area contributed by atoms with Crippen LogP contribution in [0.5, 0.6) is 0 Å². The Labute approximate surface area is 130 Å². The van der Waals surface area contributed by atoms with Crippen molar-refractivity contribution in [2.45, 2.75) is 27.2 Å². The van der Waals surface area contributed by atoms with Crippen molar-refractivity contribution in [3.05, 3.63) is 59.2 Å². The first-order valence-corrected chi connectivity index (χ1v) is 7.17. The molecule has 0 aliphatic rings. The van der Waals surface area contributed by atoms with E-state index in [1.165, 1.54) is 18.1 Å². The van der Waals surface area contributed by atoms with E-state index in [2.05, 4.69) is 17.6 Å². The number of hydrogen-bond acceptors (Lipinski definition) is 2. The Balaban J connectivity index is 1.96. The number of nitrogens with one attached hydrogen (secondary N) is 2. The number of carbonyl (C=O) groups is 2. The Hall–Kier alpha value is -2.62. The topological polar surface area (TPSA) is 58.2 Å². The maximum absolute atomic E-state index is 12.1. The second-order valence-electron chi connectivity index (χ2n) is 5.40. The minimum Gasteiger partial charge on any atom is -0.326 e. The third-order valence-electron chi connectivity index (χ3n) is 3.43. The van der Waals surface area contributed by atoms with Crippen molar-refractivity contribution in [3.8, 4) is 0 Å². The molecule has 2 aromatic rings. The zero-order chi connectivity index (χ0) is 16.1. The van der Waals surface area contributed by atoms with Gasteiger partial charge < -0.3 is 10.6 Å². The normalized spacial score (nSPS) is 10.1. The van der Waals surface area contributed by atoms with Gasteiger partial charge in [-0.15, -0.1) is 0 Å². The second kappa shape index (κ2) is 6.89. The van der Waals surface area contributed by atoms with Gasteiger partial charge in [0.25, 0.3) is 0 Å². The summed E-state index contributed by atoms with van der Waals surface area (Å²) in [5, 5.41) is 5.54. The SMILES string of the molecule is CC(=O)Nc1ccc(NC(=O)Cc2ccc(C)c(C)c2)cc1. The number of aryl methyl sites for hydroxylation is 2. The van der Waals surface area contributed by atoms with E-state index in [4.69, 9.17) is 0 Å². The van der Waals surface area contributed by atoms with Gasteiger partial charge in [-0.3, -0.25) is 9.59 Å². The molecule has 0 fully saturated rings. The van der Waals surface area contributed by atoms with Gasteiger partial charge in [0.05, 0.1) is 6.42 Å². The van der Waals surface area contributed by atoms with Crippen molar-refractivity contribution in [1.82, 2.24) is 0 Å². The van der Waals surface area contributed by atoms with Crippen molar-refractivity contribution < 1.29 is 9.59 Å². The lowest BCUT2D eigenvalue weighted by molar-refractivity contribution is -0.116. The van der Waals surface area contributed by atoms with E-state index < -0.39 is 0 Å². The van der Waals surface area contributed by atoms with E-state index in [0.29, 0.717) is 17.8 Å². The minimum atomic E-state index is -0.119. The van der Waals surface area contributed by atoms with Crippen LogP contribution in [0.1, 0.15) is 23.6 Å². The highest BCUT2D eigenvalue weighted by molar-refractivity contribution is 5.93. The molecule has 0 saturated carbocycles. The van der Waals surface area contributed by atoms with Crippen LogP contribution in [-0.4, -0.2) is 11.8 Å². The van der Waals surface area contributed by atoms with Gasteiger partial charge in [-0.05, 0) is 54.8 Å². The van der Waals surface area contributed by atoms with Crippen LogP contribution in [0.25, 0.3) is 0 Å². The molecule has 4 heteroatoms. The summed E-state index contributed by atoms with van der Waals surface area (Å²) in [7, 11) is 0. The molecule has 0 spiro atoms. The second-order valence-corrected chi connectivity index (χ2v) is 5.40. The Morgan fingerprint density at radius 2 is 1.45 bits per heavy atom. The first kappa shape index (κ1) is 15.8. The van der Waals surface area contributed by atoms with Crippen molar-refractivity contribution in [1.29, 1.82) is 0 Å². The van der Waals surface area contributed by atoms with Gasteiger partial charge in [-0.1, -0.05) is 18.2 Å². The van der Waals surface area contributed by atoms with Crippen molar-refractivity contribution in [3.63, 3.8) is 0 Å². The number of amides is 2. The summed E-state index contributed by atoms with van der Waals surface area (Å²) in [6, 6.07) is 13.1. The maximum Gasteiger partial charge on any atom is 0.228 e. The van der Waals surface area contributed by atoms with Gasteiger partial charge >= 0.3 is 0 Å². The molecule has 2 rings (SSSR count). The van der Waals surface area contributed by atoms with Crippen LogP contribution < -0.4 is 10.6 Å². The van der Waals surface area contributed by atoms with Gasteiger partial charge in [-0.25, -0.2) is 0 Å². The quantitative estimate of drug-likeness (QED) is 0.908.